The highest BCUT2D eigenvalue weighted by molar-refractivity contribution is 7.09. The maximum absolute atomic E-state index is 13.7. The minimum Gasteiger partial charge on any atom is -0.496 e. The van der Waals surface area contributed by atoms with Crippen molar-refractivity contribution in [3.05, 3.63) is 99.5 Å². The third-order valence-corrected chi connectivity index (χ3v) is 9.71. The molecule has 6 rings (SSSR count). The number of carbonyl (C=O) groups is 5. The first-order valence-corrected chi connectivity index (χ1v) is 18.9. The van der Waals surface area contributed by atoms with Crippen molar-refractivity contribution in [3.8, 4) is 23.0 Å². The van der Waals surface area contributed by atoms with Crippen LogP contribution in [0.25, 0.3) is 0 Å². The van der Waals surface area contributed by atoms with E-state index in [1.54, 1.807) is 55.6 Å². The average Bonchev–Trinajstić information content (AvgIpc) is 3.63. The first kappa shape index (κ1) is 40.2. The molecule has 2 atom stereocenters. The van der Waals surface area contributed by atoms with E-state index in [-0.39, 0.29) is 37.7 Å². The lowest BCUT2D eigenvalue weighted by atomic mass is 10.0. The van der Waals surface area contributed by atoms with Crippen LogP contribution in [0.4, 0.5) is 0 Å². The Kier molecular flexibility index (Phi) is 14.2. The lowest BCUT2D eigenvalue weighted by molar-refractivity contribution is -0.132. The number of benzene rings is 3. The van der Waals surface area contributed by atoms with Gasteiger partial charge in [-0.1, -0.05) is 30.3 Å². The molecule has 4 aromatic rings. The van der Waals surface area contributed by atoms with E-state index < -0.39 is 35.7 Å². The highest BCUT2D eigenvalue weighted by atomic mass is 32.1. The van der Waals surface area contributed by atoms with Crippen LogP contribution in [0.15, 0.2) is 72.1 Å². The van der Waals surface area contributed by atoms with Gasteiger partial charge in [0, 0.05) is 42.2 Å². The van der Waals surface area contributed by atoms with Gasteiger partial charge < -0.3 is 40.4 Å². The van der Waals surface area contributed by atoms with Crippen LogP contribution in [0.5, 0.6) is 23.0 Å². The van der Waals surface area contributed by atoms with E-state index in [0.717, 1.165) is 5.56 Å². The van der Waals surface area contributed by atoms with Crippen molar-refractivity contribution in [1.82, 2.24) is 31.2 Å². The molecule has 15 heteroatoms. The molecule has 0 fully saturated rings. The summed E-state index contributed by atoms with van der Waals surface area (Å²) in [6, 6.07) is 17.5. The summed E-state index contributed by atoms with van der Waals surface area (Å²) in [7, 11) is 2.99. The van der Waals surface area contributed by atoms with Crippen LogP contribution in [0.1, 0.15) is 63.2 Å². The van der Waals surface area contributed by atoms with Crippen molar-refractivity contribution < 1.29 is 38.2 Å². The van der Waals surface area contributed by atoms with Crippen molar-refractivity contribution >= 4 is 40.9 Å². The molecule has 2 aliphatic heterocycles. The van der Waals surface area contributed by atoms with Gasteiger partial charge in [0.25, 0.3) is 11.8 Å². The number of amides is 5. The van der Waals surface area contributed by atoms with Crippen molar-refractivity contribution in [3.63, 3.8) is 0 Å². The van der Waals surface area contributed by atoms with Gasteiger partial charge in [-0.2, -0.15) is 0 Å². The topological polar surface area (TPSA) is 177 Å². The highest BCUT2D eigenvalue weighted by Crippen LogP contribution is 2.35. The molecule has 5 amide bonds. The second-order valence-electron chi connectivity index (χ2n) is 13.0. The number of hydrogen-bond donors (Lipinski definition) is 4. The first-order chi connectivity index (χ1) is 26.5. The Morgan fingerprint density at radius 2 is 1.71 bits per heavy atom. The van der Waals surface area contributed by atoms with E-state index in [1.165, 1.54) is 30.5 Å². The SMILES string of the molecule is COc1cc2ccc1CNC(=O)[C@H](C)NC(=O)[C@H](CCc1ccccc1)NC(=O)CN(C(=O)c1csc(C)n1)CCCCNC(=O)c1ccc(OC)c(c1)O2. The molecule has 55 heavy (non-hydrogen) atoms. The highest BCUT2D eigenvalue weighted by Gasteiger charge is 2.27. The second-order valence-corrected chi connectivity index (χ2v) is 14.0. The third kappa shape index (κ3) is 11.3. The minimum atomic E-state index is -1.00. The Balaban J connectivity index is 1.40. The van der Waals surface area contributed by atoms with Crippen LogP contribution < -0.4 is 35.5 Å². The smallest absolute Gasteiger partial charge is 0.273 e. The van der Waals surface area contributed by atoms with E-state index in [2.05, 4.69) is 26.3 Å². The Bertz CT molecular complexity index is 1990. The number of aryl methyl sites for hydroxylation is 2. The molecule has 14 nitrogen and oxygen atoms in total. The summed E-state index contributed by atoms with van der Waals surface area (Å²) in [6.45, 7) is 3.59. The molecule has 1 aromatic heterocycles. The van der Waals surface area contributed by atoms with Gasteiger partial charge >= 0.3 is 0 Å². The first-order valence-electron chi connectivity index (χ1n) is 18.0. The molecular weight excluding hydrogens is 725 g/mol. The van der Waals surface area contributed by atoms with Crippen LogP contribution in [0.2, 0.25) is 0 Å². The predicted molar refractivity (Wildman–Crippen MR) is 207 cm³/mol. The Labute approximate surface area is 323 Å². The predicted octanol–water partition coefficient (Wildman–Crippen LogP) is 4.17. The Hall–Kier alpha value is -5.96. The summed E-state index contributed by atoms with van der Waals surface area (Å²) in [5.41, 5.74) is 2.18. The van der Waals surface area contributed by atoms with Gasteiger partial charge in [0.05, 0.1) is 25.8 Å². The molecule has 0 unspecified atom stereocenters. The second kappa shape index (κ2) is 19.4. The Morgan fingerprint density at radius 3 is 2.44 bits per heavy atom. The van der Waals surface area contributed by atoms with Gasteiger partial charge in [0.1, 0.15) is 29.3 Å². The Morgan fingerprint density at radius 1 is 0.927 bits per heavy atom. The zero-order chi connectivity index (χ0) is 39.3. The van der Waals surface area contributed by atoms with Crippen molar-refractivity contribution in [1.29, 1.82) is 0 Å². The lowest BCUT2D eigenvalue weighted by Gasteiger charge is -2.25. The molecule has 0 saturated heterocycles. The van der Waals surface area contributed by atoms with Crippen LogP contribution in [0.3, 0.4) is 0 Å². The van der Waals surface area contributed by atoms with Gasteiger partial charge in [0.15, 0.2) is 11.5 Å². The molecule has 0 saturated carbocycles. The van der Waals surface area contributed by atoms with Crippen molar-refractivity contribution in [2.75, 3.05) is 33.9 Å². The van der Waals surface area contributed by atoms with Gasteiger partial charge in [0.2, 0.25) is 17.7 Å². The molecule has 2 aliphatic rings. The molecule has 0 spiro atoms. The van der Waals surface area contributed by atoms with E-state index >= 15 is 0 Å². The third-order valence-electron chi connectivity index (χ3n) is 8.93. The molecule has 4 bridgehead atoms. The number of fused-ring (bicyclic) bond motifs is 18. The molecule has 4 N–H and O–H groups in total. The van der Waals surface area contributed by atoms with Crippen LogP contribution in [-0.4, -0.2) is 85.4 Å². The number of nitrogens with one attached hydrogen (secondary N) is 4. The van der Waals surface area contributed by atoms with Gasteiger partial charge in [-0.3, -0.25) is 24.0 Å². The van der Waals surface area contributed by atoms with Crippen LogP contribution >= 0.6 is 11.3 Å². The number of rotatable bonds is 6. The standard InChI is InChI=1S/C40H46N6O8S/c1-25-37(48)42-22-29-13-15-30(21-34(29)53-4)54-35-20-28(14-17-33(35)52-3)38(49)41-18-8-9-19-46(40(51)32-24-55-26(2)44-32)23-36(47)45-31(39(50)43-25)16-12-27-10-6-5-7-11-27/h5-7,10-11,13-15,17,20-21,24-25,31H,8-9,12,16,18-19,22-23H2,1-4H3,(H,41,49)(H,42,48)(H,43,50)(H,45,47)/t25-,31-/m0/s1. The fraction of sp³-hybridized carbons (Fsp3) is 0.350. The normalized spacial score (nSPS) is 17.7. The van der Waals surface area contributed by atoms with E-state index in [1.807, 2.05) is 30.3 Å². The summed E-state index contributed by atoms with van der Waals surface area (Å²) < 4.78 is 17.2. The van der Waals surface area contributed by atoms with Crippen LogP contribution in [0, 0.1) is 6.92 Å². The van der Waals surface area contributed by atoms with Gasteiger partial charge in [-0.05, 0) is 75.4 Å². The largest absolute Gasteiger partial charge is 0.496 e. The lowest BCUT2D eigenvalue weighted by Crippen LogP contribution is -2.54. The van der Waals surface area contributed by atoms with Gasteiger partial charge in [-0.15, -0.1) is 11.3 Å². The van der Waals surface area contributed by atoms with E-state index in [0.29, 0.717) is 64.9 Å². The zero-order valence-electron chi connectivity index (χ0n) is 31.3. The summed E-state index contributed by atoms with van der Waals surface area (Å²) in [4.78, 5) is 73.0. The van der Waals surface area contributed by atoms with Crippen molar-refractivity contribution in [2.45, 2.75) is 58.2 Å². The number of ether oxygens (including phenoxy) is 3. The molecule has 3 heterocycles. The maximum Gasteiger partial charge on any atom is 0.273 e. The number of methoxy groups -OCH3 is 2. The molecule has 0 aliphatic carbocycles. The molecule has 290 valence electrons. The van der Waals surface area contributed by atoms with Crippen molar-refractivity contribution in [2.24, 2.45) is 0 Å². The monoisotopic (exact) mass is 770 g/mol. The number of aromatic nitrogens is 1. The fourth-order valence-corrected chi connectivity index (χ4v) is 6.51. The quantitative estimate of drug-likeness (QED) is 0.210. The number of nitrogens with zero attached hydrogens (tertiary/aromatic N) is 2. The molecular formula is C40H46N6O8S. The van der Waals surface area contributed by atoms with Crippen LogP contribution in [-0.2, 0) is 27.3 Å². The zero-order valence-corrected chi connectivity index (χ0v) is 32.1. The van der Waals surface area contributed by atoms with E-state index in [9.17, 15) is 24.0 Å². The number of carbonyl (C=O) groups excluding carboxylic acids is 5. The maximum atomic E-state index is 13.7. The van der Waals surface area contributed by atoms with Gasteiger partial charge in [-0.25, -0.2) is 4.98 Å². The molecule has 0 radical (unpaired) electrons. The number of hydrogen-bond acceptors (Lipinski definition) is 10. The summed E-state index contributed by atoms with van der Waals surface area (Å²) in [5, 5.41) is 13.6. The minimum absolute atomic E-state index is 0.0814. The molecule has 3 aromatic carbocycles. The number of thiazole rings is 1. The van der Waals surface area contributed by atoms with E-state index in [4.69, 9.17) is 14.2 Å². The summed E-state index contributed by atoms with van der Waals surface area (Å²) in [5.74, 6) is -0.736. The summed E-state index contributed by atoms with van der Waals surface area (Å²) >= 11 is 1.32. The summed E-state index contributed by atoms with van der Waals surface area (Å²) in [6.07, 6.45) is 1.68. The average molecular weight is 771 g/mol. The fourth-order valence-electron chi connectivity index (χ4n) is 5.92.